The minimum atomic E-state index is 0. The quantitative estimate of drug-likeness (QED) is 0.197. The zero-order valence-corrected chi connectivity index (χ0v) is 32.1. The number of hydrogen-bond donors (Lipinski definition) is 0. The molecule has 8 aliphatic carbocycles. The van der Waals surface area contributed by atoms with E-state index in [4.69, 9.17) is 0 Å². The van der Waals surface area contributed by atoms with Gasteiger partial charge in [-0.2, -0.15) is 0 Å². The molecule has 0 atom stereocenters. The molecule has 0 nitrogen and oxygen atoms in total. The summed E-state index contributed by atoms with van der Waals surface area (Å²) in [5, 5.41) is 0. The van der Waals surface area contributed by atoms with Crippen LogP contribution >= 0.6 is 0 Å². The minimum absolute atomic E-state index is 0. The van der Waals surface area contributed by atoms with Crippen molar-refractivity contribution in [2.75, 3.05) is 0 Å². The summed E-state index contributed by atoms with van der Waals surface area (Å²) in [6.45, 7) is 0. The van der Waals surface area contributed by atoms with Gasteiger partial charge in [0, 0.05) is 91.9 Å². The Bertz CT molecular complexity index is 840. The van der Waals surface area contributed by atoms with Crippen molar-refractivity contribution in [2.24, 2.45) is 0 Å². The molecule has 0 heterocycles. The molecule has 8 aliphatic rings. The Balaban J connectivity index is 0.000000842. The standard InChI is InChI=1S/C27H16.4C5H5.4Fe/c1(2-20-26(22-12-4-5-13-22)23-14-6-7-15-23)3-21-27(24-16-8-9-17-24)25-18-10-11-19-25;4*1-2-4-5-3-1;;;;/h4-19H;4*1-5H;;;;. The summed E-state index contributed by atoms with van der Waals surface area (Å²) < 4.78 is 0. The molecule has 8 rings (SSSR count). The molecule has 0 spiro atoms. The first-order valence-electron chi connectivity index (χ1n) is 15.5. The molecule has 4 heteroatoms. The molecule has 0 bridgehead atoms. The summed E-state index contributed by atoms with van der Waals surface area (Å²) in [6, 6.07) is 0. The largest absolute Gasteiger partial charge is 0.0604 e. The maximum atomic E-state index is 3.21. The van der Waals surface area contributed by atoms with E-state index in [-0.39, 0.29) is 68.3 Å². The maximum absolute atomic E-state index is 3.21. The Hall–Kier alpha value is 0.718. The van der Waals surface area contributed by atoms with E-state index in [0.29, 0.717) is 0 Å². The number of hydrogen-bond acceptors (Lipinski definition) is 0. The van der Waals surface area contributed by atoms with E-state index in [1.54, 1.807) is 0 Å². The van der Waals surface area contributed by atoms with Gasteiger partial charge in [-0.15, -0.1) is 0 Å². The Labute approximate surface area is 360 Å². The van der Waals surface area contributed by atoms with E-state index in [1.165, 1.54) is 0 Å². The molecular weight excluding hydrogens is 788 g/mol. The van der Waals surface area contributed by atoms with Gasteiger partial charge in [-0.1, -0.05) is 11.5 Å². The third-order valence-electron chi connectivity index (χ3n) is 6.53. The van der Waals surface area contributed by atoms with Crippen molar-refractivity contribution in [3.8, 4) is 0 Å². The summed E-state index contributed by atoms with van der Waals surface area (Å²) >= 11 is 0. The van der Waals surface area contributed by atoms with Gasteiger partial charge in [0.2, 0.25) is 0 Å². The molecule has 256 valence electrons. The Morgan fingerprint density at radius 2 is 0.373 bits per heavy atom. The molecule has 40 radical (unpaired) electrons. The molecule has 0 aliphatic heterocycles. The summed E-state index contributed by atoms with van der Waals surface area (Å²) in [5.74, 6) is 4.46. The van der Waals surface area contributed by atoms with Crippen LogP contribution in [0, 0.1) is 255 Å². The molecule has 0 amide bonds. The second-order valence-electron chi connectivity index (χ2n) is 9.92. The first kappa shape index (κ1) is 51.7. The second kappa shape index (κ2) is 35.2. The molecule has 51 heavy (non-hydrogen) atoms. The smallest absolute Gasteiger partial charge is 0.0175 e. The van der Waals surface area contributed by atoms with Crippen molar-refractivity contribution < 1.29 is 68.3 Å². The average Bonchev–Trinajstić information content (AvgIpc) is 4.01. The number of allylic oxidation sites excluding steroid dienone is 2. The predicted octanol–water partition coefficient (Wildman–Crippen LogP) is 8.76. The van der Waals surface area contributed by atoms with Crippen molar-refractivity contribution in [3.05, 3.63) is 295 Å². The molecule has 0 unspecified atom stereocenters. The van der Waals surface area contributed by atoms with E-state index < -0.39 is 0 Å². The van der Waals surface area contributed by atoms with Crippen LogP contribution in [-0.2, 0) is 68.3 Å². The maximum Gasteiger partial charge on any atom is 0.0175 e. The van der Waals surface area contributed by atoms with Crippen molar-refractivity contribution in [2.45, 2.75) is 0 Å². The van der Waals surface area contributed by atoms with Gasteiger partial charge >= 0.3 is 0 Å². The van der Waals surface area contributed by atoms with Crippen LogP contribution < -0.4 is 0 Å². The van der Waals surface area contributed by atoms with Gasteiger partial charge < -0.3 is 0 Å². The molecule has 0 aromatic heterocycles. The normalized spacial score (nSPS) is 22.3. The van der Waals surface area contributed by atoms with Gasteiger partial charge in [0.1, 0.15) is 0 Å². The SMILES string of the molecule is C(=C=C=C([C]1[CH][CH][CH][CH]1)[C]1[CH][CH][CH][CH]1)=C=C=C([C]1[CH][CH][CH][CH]1)[C]1[CH][CH][CH][CH]1.[CH]1[CH][CH][CH][CH]1.[CH]1[CH][CH][CH][CH]1.[CH]1[CH][CH][CH][CH]1.[CH]1[CH][CH][CH][CH]1.[Fe].[Fe].[Fe].[Fe]. The van der Waals surface area contributed by atoms with Crippen LogP contribution in [0.2, 0.25) is 0 Å². The van der Waals surface area contributed by atoms with Crippen LogP contribution in [0.1, 0.15) is 0 Å². The molecule has 0 aromatic carbocycles. The van der Waals surface area contributed by atoms with Crippen LogP contribution in [0.4, 0.5) is 0 Å². The summed E-state index contributed by atoms with van der Waals surface area (Å²) in [4.78, 5) is 0. The topological polar surface area (TPSA) is 0 Å². The summed E-state index contributed by atoms with van der Waals surface area (Å²) in [7, 11) is 0. The molecule has 0 N–H and O–H groups in total. The van der Waals surface area contributed by atoms with E-state index in [1.807, 2.05) is 180 Å². The van der Waals surface area contributed by atoms with Gasteiger partial charge in [0.15, 0.2) is 0 Å². The fraction of sp³-hybridized carbons (Fsp3) is 0. The first-order chi connectivity index (χ1) is 23.4. The Kier molecular flexibility index (Phi) is 35.6. The average molecular weight is 824 g/mol. The third kappa shape index (κ3) is 22.8. The van der Waals surface area contributed by atoms with Crippen LogP contribution in [0.5, 0.6) is 0 Å². The van der Waals surface area contributed by atoms with Gasteiger partial charge in [0.05, 0.1) is 0 Å². The zero-order chi connectivity index (χ0) is 32.5. The van der Waals surface area contributed by atoms with E-state index in [9.17, 15) is 0 Å². The molecule has 0 saturated heterocycles. The molecule has 0 aromatic rings. The van der Waals surface area contributed by atoms with Gasteiger partial charge in [-0.05, 0) is 259 Å². The third-order valence-corrected chi connectivity index (χ3v) is 6.53. The summed E-state index contributed by atoms with van der Waals surface area (Å²) in [6.07, 6.45) is 72.7. The van der Waals surface area contributed by atoms with Crippen LogP contribution in [-0.4, -0.2) is 0 Å². The minimum Gasteiger partial charge on any atom is -0.0604 e. The molecular formula is C47H36Fe4. The van der Waals surface area contributed by atoms with E-state index in [0.717, 1.165) is 34.8 Å². The molecule has 8 fully saturated rings. The van der Waals surface area contributed by atoms with Crippen LogP contribution in [0.25, 0.3) is 0 Å². The van der Waals surface area contributed by atoms with Crippen LogP contribution in [0.3, 0.4) is 0 Å². The fourth-order valence-corrected chi connectivity index (χ4v) is 4.29. The molecule has 8 saturated carbocycles. The van der Waals surface area contributed by atoms with E-state index in [2.05, 4.69) is 80.0 Å². The van der Waals surface area contributed by atoms with Gasteiger partial charge in [-0.25, -0.2) is 0 Å². The monoisotopic (exact) mass is 824 g/mol. The summed E-state index contributed by atoms with van der Waals surface area (Å²) in [5.41, 5.74) is 17.3. The number of rotatable bonds is 4. The van der Waals surface area contributed by atoms with Gasteiger partial charge in [-0.3, -0.25) is 0 Å². The van der Waals surface area contributed by atoms with Crippen molar-refractivity contribution in [1.29, 1.82) is 0 Å². The van der Waals surface area contributed by atoms with Crippen molar-refractivity contribution in [1.82, 2.24) is 0 Å². The fourth-order valence-electron chi connectivity index (χ4n) is 4.29. The van der Waals surface area contributed by atoms with Gasteiger partial charge in [0.25, 0.3) is 0 Å². The zero-order valence-electron chi connectivity index (χ0n) is 27.7. The van der Waals surface area contributed by atoms with Crippen molar-refractivity contribution in [3.63, 3.8) is 0 Å². The van der Waals surface area contributed by atoms with E-state index >= 15 is 0 Å². The second-order valence-corrected chi connectivity index (χ2v) is 9.92. The van der Waals surface area contributed by atoms with Crippen LogP contribution in [0.15, 0.2) is 39.8 Å². The predicted molar refractivity (Wildman–Crippen MR) is 192 cm³/mol. The first-order valence-corrected chi connectivity index (χ1v) is 15.5. The van der Waals surface area contributed by atoms with Crippen molar-refractivity contribution >= 4 is 0 Å². The Morgan fingerprint density at radius 1 is 0.216 bits per heavy atom. The Morgan fingerprint density at radius 3 is 0.529 bits per heavy atom.